The summed E-state index contributed by atoms with van der Waals surface area (Å²) in [4.78, 5) is 8.92. The first kappa shape index (κ1) is 13.1. The topological polar surface area (TPSA) is 78.5 Å². The SMILES string of the molecule is CNc1nc(NC2CCCCCC2C)c2cn[nH]c2n1. The Morgan fingerprint density at radius 3 is 2.90 bits per heavy atom. The Kier molecular flexibility index (Phi) is 3.71. The van der Waals surface area contributed by atoms with Crippen molar-refractivity contribution in [2.75, 3.05) is 17.7 Å². The van der Waals surface area contributed by atoms with Gasteiger partial charge in [-0.3, -0.25) is 5.10 Å². The minimum absolute atomic E-state index is 0.482. The smallest absolute Gasteiger partial charge is 0.226 e. The van der Waals surface area contributed by atoms with Crippen LogP contribution in [0.15, 0.2) is 6.20 Å². The molecule has 6 heteroatoms. The molecule has 0 radical (unpaired) electrons. The van der Waals surface area contributed by atoms with Crippen LogP contribution in [0.1, 0.15) is 39.0 Å². The molecule has 0 bridgehead atoms. The zero-order chi connectivity index (χ0) is 13.9. The van der Waals surface area contributed by atoms with Crippen molar-refractivity contribution in [3.63, 3.8) is 0 Å². The Labute approximate surface area is 118 Å². The van der Waals surface area contributed by atoms with Gasteiger partial charge in [0.2, 0.25) is 5.95 Å². The van der Waals surface area contributed by atoms with Crippen molar-refractivity contribution in [3.8, 4) is 0 Å². The zero-order valence-corrected chi connectivity index (χ0v) is 12.1. The molecular formula is C14H22N6. The molecule has 0 aromatic carbocycles. The lowest BCUT2D eigenvalue weighted by Gasteiger charge is -2.23. The fourth-order valence-corrected chi connectivity index (χ4v) is 2.94. The van der Waals surface area contributed by atoms with Crippen molar-refractivity contribution >= 4 is 22.8 Å². The lowest BCUT2D eigenvalue weighted by atomic mass is 9.97. The summed E-state index contributed by atoms with van der Waals surface area (Å²) in [6.07, 6.45) is 8.26. The van der Waals surface area contributed by atoms with Gasteiger partial charge in [0.25, 0.3) is 0 Å². The number of aromatic amines is 1. The van der Waals surface area contributed by atoms with E-state index in [2.05, 4.69) is 37.7 Å². The highest BCUT2D eigenvalue weighted by molar-refractivity contribution is 5.87. The van der Waals surface area contributed by atoms with E-state index in [1.165, 1.54) is 32.1 Å². The molecule has 0 aliphatic heterocycles. The molecule has 6 nitrogen and oxygen atoms in total. The van der Waals surface area contributed by atoms with Gasteiger partial charge in [0.1, 0.15) is 5.82 Å². The number of hydrogen-bond acceptors (Lipinski definition) is 5. The van der Waals surface area contributed by atoms with Gasteiger partial charge in [-0.05, 0) is 18.8 Å². The Balaban J connectivity index is 1.90. The predicted octanol–water partition coefficient (Wildman–Crippen LogP) is 2.78. The van der Waals surface area contributed by atoms with E-state index < -0.39 is 0 Å². The van der Waals surface area contributed by atoms with E-state index in [0.717, 1.165) is 16.9 Å². The number of nitrogens with zero attached hydrogens (tertiary/aromatic N) is 3. The molecule has 2 unspecified atom stereocenters. The fourth-order valence-electron chi connectivity index (χ4n) is 2.94. The summed E-state index contributed by atoms with van der Waals surface area (Å²) in [7, 11) is 1.83. The third-order valence-corrected chi connectivity index (χ3v) is 4.22. The summed E-state index contributed by atoms with van der Waals surface area (Å²) in [5.41, 5.74) is 0.771. The van der Waals surface area contributed by atoms with Crippen LogP contribution < -0.4 is 10.6 Å². The number of H-pyrrole nitrogens is 1. The van der Waals surface area contributed by atoms with Crippen LogP contribution in [-0.4, -0.2) is 33.3 Å². The zero-order valence-electron chi connectivity index (χ0n) is 12.1. The van der Waals surface area contributed by atoms with E-state index in [9.17, 15) is 0 Å². The average Bonchev–Trinajstić information content (AvgIpc) is 2.84. The lowest BCUT2D eigenvalue weighted by Crippen LogP contribution is -2.27. The van der Waals surface area contributed by atoms with Crippen LogP contribution in [-0.2, 0) is 0 Å². The van der Waals surface area contributed by atoms with Gasteiger partial charge in [-0.2, -0.15) is 15.1 Å². The summed E-state index contributed by atoms with van der Waals surface area (Å²) in [6.45, 7) is 2.33. The van der Waals surface area contributed by atoms with Crippen LogP contribution in [0.4, 0.5) is 11.8 Å². The van der Waals surface area contributed by atoms with Crippen LogP contribution >= 0.6 is 0 Å². The van der Waals surface area contributed by atoms with Crippen molar-refractivity contribution in [1.82, 2.24) is 20.2 Å². The third-order valence-electron chi connectivity index (χ3n) is 4.22. The van der Waals surface area contributed by atoms with Gasteiger partial charge in [0.15, 0.2) is 5.65 Å². The number of aromatic nitrogens is 4. The Hall–Kier alpha value is -1.85. The molecule has 2 aromatic heterocycles. The summed E-state index contributed by atoms with van der Waals surface area (Å²) >= 11 is 0. The molecule has 1 aliphatic rings. The molecular weight excluding hydrogens is 252 g/mol. The van der Waals surface area contributed by atoms with Crippen LogP contribution in [0, 0.1) is 5.92 Å². The monoisotopic (exact) mass is 274 g/mol. The molecule has 1 fully saturated rings. The summed E-state index contributed by atoms with van der Waals surface area (Å²) in [5.74, 6) is 2.17. The predicted molar refractivity (Wildman–Crippen MR) is 80.9 cm³/mol. The van der Waals surface area contributed by atoms with Crippen LogP contribution in [0.2, 0.25) is 0 Å². The molecule has 2 aromatic rings. The number of hydrogen-bond donors (Lipinski definition) is 3. The van der Waals surface area contributed by atoms with Crippen LogP contribution in [0.25, 0.3) is 11.0 Å². The summed E-state index contributed by atoms with van der Waals surface area (Å²) < 4.78 is 0. The van der Waals surface area contributed by atoms with Crippen molar-refractivity contribution < 1.29 is 0 Å². The first-order valence-corrected chi connectivity index (χ1v) is 7.43. The van der Waals surface area contributed by atoms with Crippen molar-refractivity contribution in [3.05, 3.63) is 6.20 Å². The van der Waals surface area contributed by atoms with E-state index in [-0.39, 0.29) is 0 Å². The third kappa shape index (κ3) is 2.55. The molecule has 3 rings (SSSR count). The largest absolute Gasteiger partial charge is 0.366 e. The van der Waals surface area contributed by atoms with Gasteiger partial charge in [-0.1, -0.05) is 26.2 Å². The first-order chi connectivity index (χ1) is 9.78. The van der Waals surface area contributed by atoms with Crippen LogP contribution in [0.5, 0.6) is 0 Å². The molecule has 20 heavy (non-hydrogen) atoms. The molecule has 1 saturated carbocycles. The normalized spacial score (nSPS) is 23.5. The van der Waals surface area contributed by atoms with Gasteiger partial charge in [0, 0.05) is 13.1 Å². The Morgan fingerprint density at radius 1 is 1.20 bits per heavy atom. The van der Waals surface area contributed by atoms with Crippen molar-refractivity contribution in [2.24, 2.45) is 5.92 Å². The standard InChI is InChI=1S/C14H22N6/c1-9-6-4-3-5-7-11(9)17-12-10-8-16-20-13(10)19-14(15-2)18-12/h8-9,11H,3-7H2,1-2H3,(H3,15,16,17,18,19,20). The fraction of sp³-hybridized carbons (Fsp3) is 0.643. The van der Waals surface area contributed by atoms with E-state index >= 15 is 0 Å². The van der Waals surface area contributed by atoms with Gasteiger partial charge >= 0.3 is 0 Å². The molecule has 0 spiro atoms. The lowest BCUT2D eigenvalue weighted by molar-refractivity contribution is 0.456. The quantitative estimate of drug-likeness (QED) is 0.750. The molecule has 0 saturated heterocycles. The number of nitrogens with one attached hydrogen (secondary N) is 3. The highest BCUT2D eigenvalue weighted by Gasteiger charge is 2.21. The van der Waals surface area contributed by atoms with Crippen molar-refractivity contribution in [1.29, 1.82) is 0 Å². The maximum atomic E-state index is 4.56. The number of rotatable bonds is 3. The summed E-state index contributed by atoms with van der Waals surface area (Å²) in [5, 5.41) is 14.6. The molecule has 2 atom stereocenters. The number of anilines is 2. The molecule has 108 valence electrons. The average molecular weight is 274 g/mol. The minimum Gasteiger partial charge on any atom is -0.366 e. The van der Waals surface area contributed by atoms with Gasteiger partial charge in [-0.25, -0.2) is 0 Å². The summed E-state index contributed by atoms with van der Waals surface area (Å²) in [6, 6.07) is 0.482. The maximum absolute atomic E-state index is 4.56. The van der Waals surface area contributed by atoms with E-state index in [1.807, 2.05) is 7.05 Å². The maximum Gasteiger partial charge on any atom is 0.226 e. The van der Waals surface area contributed by atoms with Crippen molar-refractivity contribution in [2.45, 2.75) is 45.1 Å². The second-order valence-corrected chi connectivity index (χ2v) is 5.64. The minimum atomic E-state index is 0.482. The molecule has 2 heterocycles. The molecule has 1 aliphatic carbocycles. The Morgan fingerprint density at radius 2 is 2.05 bits per heavy atom. The highest BCUT2D eigenvalue weighted by atomic mass is 15.2. The van der Waals surface area contributed by atoms with E-state index in [0.29, 0.717) is 17.9 Å². The second-order valence-electron chi connectivity index (χ2n) is 5.64. The molecule has 3 N–H and O–H groups in total. The highest BCUT2D eigenvalue weighted by Crippen LogP contribution is 2.28. The Bertz CT molecular complexity index is 578. The van der Waals surface area contributed by atoms with Gasteiger partial charge in [-0.15, -0.1) is 0 Å². The van der Waals surface area contributed by atoms with Gasteiger partial charge in [0.05, 0.1) is 11.6 Å². The van der Waals surface area contributed by atoms with Gasteiger partial charge < -0.3 is 10.6 Å². The first-order valence-electron chi connectivity index (χ1n) is 7.43. The number of fused-ring (bicyclic) bond motifs is 1. The van der Waals surface area contributed by atoms with E-state index in [4.69, 9.17) is 0 Å². The van der Waals surface area contributed by atoms with E-state index in [1.54, 1.807) is 6.20 Å². The molecule has 0 amide bonds. The second kappa shape index (κ2) is 5.64. The van der Waals surface area contributed by atoms with Crippen LogP contribution in [0.3, 0.4) is 0 Å².